The second-order valence-electron chi connectivity index (χ2n) is 8.42. The van der Waals surface area contributed by atoms with Gasteiger partial charge in [-0.1, -0.05) is 18.7 Å². The zero-order valence-electron chi connectivity index (χ0n) is 20.4. The second kappa shape index (κ2) is 10.9. The minimum absolute atomic E-state index is 0.172. The molecule has 0 unspecified atom stereocenters. The number of nitrogens with zero attached hydrogens (tertiary/aromatic N) is 4. The fourth-order valence-electron chi connectivity index (χ4n) is 4.03. The number of carbonyl (C=O) groups is 1. The molecular formula is C26H30N8O2. The molecule has 1 aliphatic rings. The van der Waals surface area contributed by atoms with E-state index in [4.69, 9.17) is 15.9 Å². The van der Waals surface area contributed by atoms with Crippen LogP contribution in [0.15, 0.2) is 55.1 Å². The molecule has 1 aliphatic heterocycles. The zero-order valence-corrected chi connectivity index (χ0v) is 20.4. The van der Waals surface area contributed by atoms with E-state index >= 15 is 0 Å². The van der Waals surface area contributed by atoms with E-state index in [1.807, 2.05) is 24.3 Å². The third kappa shape index (κ3) is 5.44. The molecule has 4 rings (SSSR count). The van der Waals surface area contributed by atoms with E-state index in [0.29, 0.717) is 28.5 Å². The smallest absolute Gasteiger partial charge is 0.247 e. The molecule has 0 radical (unpaired) electrons. The Morgan fingerprint density at radius 1 is 1.14 bits per heavy atom. The van der Waals surface area contributed by atoms with Crippen LogP contribution in [0.2, 0.25) is 0 Å². The van der Waals surface area contributed by atoms with Crippen molar-refractivity contribution in [3.05, 3.63) is 60.7 Å². The lowest BCUT2D eigenvalue weighted by molar-refractivity contribution is -0.111. The summed E-state index contributed by atoms with van der Waals surface area (Å²) in [5, 5.41) is 13.8. The van der Waals surface area contributed by atoms with Gasteiger partial charge >= 0.3 is 0 Å². The monoisotopic (exact) mass is 486 g/mol. The second-order valence-corrected chi connectivity index (χ2v) is 8.42. The Morgan fingerprint density at radius 3 is 2.61 bits per heavy atom. The van der Waals surface area contributed by atoms with Crippen molar-refractivity contribution in [1.29, 1.82) is 5.41 Å². The number of carbonyl (C=O) groups excluding carboxylic acids is 1. The standard InChI is InChI=1S/C26H30N8O2/c1-4-23(35)29-18-7-5-6-17(14-18)24-20(16-27)25(28)32-26(31-24)30-19-8-9-22(36-3)21(15-19)34-12-10-33(2)11-13-34/h4-9,14-16,27H,1,10-13H2,2-3H3,(H,29,35)(H3,28,30,31,32). The highest BCUT2D eigenvalue weighted by molar-refractivity contribution is 5.99. The van der Waals surface area contributed by atoms with Gasteiger partial charge in [0, 0.05) is 49.3 Å². The van der Waals surface area contributed by atoms with Crippen LogP contribution in [0.3, 0.4) is 0 Å². The van der Waals surface area contributed by atoms with Gasteiger partial charge in [-0.3, -0.25) is 4.79 Å². The molecule has 0 saturated carbocycles. The van der Waals surface area contributed by atoms with Crippen molar-refractivity contribution < 1.29 is 9.53 Å². The molecule has 3 aromatic rings. The summed E-state index contributed by atoms with van der Waals surface area (Å²) < 4.78 is 5.61. The number of hydrogen-bond donors (Lipinski definition) is 4. The maximum absolute atomic E-state index is 11.7. The van der Waals surface area contributed by atoms with Gasteiger partial charge in [-0.25, -0.2) is 4.98 Å². The highest BCUT2D eigenvalue weighted by atomic mass is 16.5. The third-order valence-electron chi connectivity index (χ3n) is 5.99. The number of ether oxygens (including phenoxy) is 1. The van der Waals surface area contributed by atoms with E-state index in [1.54, 1.807) is 25.3 Å². The Hall–Kier alpha value is -4.44. The van der Waals surface area contributed by atoms with Gasteiger partial charge < -0.3 is 36.3 Å². The van der Waals surface area contributed by atoms with Crippen LogP contribution in [0, 0.1) is 5.41 Å². The number of piperazine rings is 1. The Balaban J connectivity index is 1.67. The largest absolute Gasteiger partial charge is 0.495 e. The van der Waals surface area contributed by atoms with E-state index in [2.05, 4.69) is 44.0 Å². The average Bonchev–Trinajstić information content (AvgIpc) is 2.89. The van der Waals surface area contributed by atoms with E-state index in [0.717, 1.165) is 49.5 Å². The number of likely N-dealkylation sites (N-methyl/N-ethyl adjacent to an activating group) is 1. The highest BCUT2D eigenvalue weighted by Gasteiger charge is 2.19. The molecule has 0 bridgehead atoms. The molecule has 186 valence electrons. The number of hydrogen-bond acceptors (Lipinski definition) is 9. The number of amides is 1. The van der Waals surface area contributed by atoms with Crippen molar-refractivity contribution in [2.45, 2.75) is 0 Å². The molecule has 10 heteroatoms. The minimum atomic E-state index is -0.320. The molecule has 2 aromatic carbocycles. The summed E-state index contributed by atoms with van der Waals surface area (Å²) in [5.74, 6) is 0.942. The predicted octanol–water partition coefficient (Wildman–Crippen LogP) is 3.35. The predicted molar refractivity (Wildman–Crippen MR) is 145 cm³/mol. The lowest BCUT2D eigenvalue weighted by atomic mass is 10.1. The fraction of sp³-hybridized carbons (Fsp3) is 0.231. The Bertz CT molecular complexity index is 1280. The van der Waals surface area contributed by atoms with Crippen LogP contribution in [0.1, 0.15) is 5.56 Å². The maximum Gasteiger partial charge on any atom is 0.247 e. The van der Waals surface area contributed by atoms with E-state index in [-0.39, 0.29) is 11.7 Å². The van der Waals surface area contributed by atoms with Crippen LogP contribution < -0.4 is 26.0 Å². The van der Waals surface area contributed by atoms with Gasteiger partial charge in [-0.15, -0.1) is 0 Å². The maximum atomic E-state index is 11.7. The fourth-order valence-corrected chi connectivity index (χ4v) is 4.03. The molecule has 5 N–H and O–H groups in total. The summed E-state index contributed by atoms with van der Waals surface area (Å²) in [6.07, 6.45) is 2.33. The molecule has 10 nitrogen and oxygen atoms in total. The normalized spacial score (nSPS) is 13.7. The number of aromatic nitrogens is 2. The Labute approximate surface area is 210 Å². The molecular weight excluding hydrogens is 456 g/mol. The van der Waals surface area contributed by atoms with E-state index < -0.39 is 0 Å². The van der Waals surface area contributed by atoms with Crippen LogP contribution in [-0.4, -0.2) is 67.3 Å². The molecule has 0 spiro atoms. The molecule has 1 aromatic heterocycles. The molecule has 0 atom stereocenters. The zero-order chi connectivity index (χ0) is 25.7. The van der Waals surface area contributed by atoms with Crippen molar-refractivity contribution in [2.75, 3.05) is 61.6 Å². The van der Waals surface area contributed by atoms with Gasteiger partial charge in [0.15, 0.2) is 0 Å². The van der Waals surface area contributed by atoms with Crippen molar-refractivity contribution in [3.8, 4) is 17.0 Å². The number of methoxy groups -OCH3 is 1. The minimum Gasteiger partial charge on any atom is -0.495 e. The molecule has 1 amide bonds. The Kier molecular flexibility index (Phi) is 7.45. The van der Waals surface area contributed by atoms with Crippen LogP contribution in [0.4, 0.5) is 28.8 Å². The van der Waals surface area contributed by atoms with Crippen molar-refractivity contribution in [2.24, 2.45) is 0 Å². The van der Waals surface area contributed by atoms with Crippen LogP contribution in [-0.2, 0) is 4.79 Å². The summed E-state index contributed by atoms with van der Waals surface area (Å²) in [6, 6.07) is 13.0. The van der Waals surface area contributed by atoms with E-state index in [1.165, 1.54) is 6.08 Å². The molecule has 2 heterocycles. The summed E-state index contributed by atoms with van der Waals surface area (Å²) in [4.78, 5) is 25.4. The van der Waals surface area contributed by atoms with E-state index in [9.17, 15) is 4.79 Å². The first-order valence-corrected chi connectivity index (χ1v) is 11.5. The number of rotatable bonds is 8. The van der Waals surface area contributed by atoms with Gasteiger partial charge in [-0.05, 0) is 43.5 Å². The van der Waals surface area contributed by atoms with Gasteiger partial charge in [0.1, 0.15) is 11.6 Å². The van der Waals surface area contributed by atoms with Gasteiger partial charge in [0.2, 0.25) is 11.9 Å². The summed E-state index contributed by atoms with van der Waals surface area (Å²) >= 11 is 0. The first kappa shape index (κ1) is 24.7. The van der Waals surface area contributed by atoms with Crippen molar-refractivity contribution in [3.63, 3.8) is 0 Å². The first-order chi connectivity index (χ1) is 17.4. The summed E-state index contributed by atoms with van der Waals surface area (Å²) in [6.45, 7) is 7.22. The lowest BCUT2D eigenvalue weighted by Gasteiger charge is -2.35. The SMILES string of the molecule is C=CC(=O)Nc1cccc(-c2nc(Nc3ccc(OC)c(N4CCN(C)CC4)c3)nc(N)c2C=N)c1. The number of anilines is 5. The van der Waals surface area contributed by atoms with Gasteiger partial charge in [0.05, 0.1) is 24.1 Å². The summed E-state index contributed by atoms with van der Waals surface area (Å²) in [5.41, 5.74) is 10.1. The lowest BCUT2D eigenvalue weighted by Crippen LogP contribution is -2.44. The van der Waals surface area contributed by atoms with Gasteiger partial charge in [0.25, 0.3) is 0 Å². The van der Waals surface area contributed by atoms with Crippen LogP contribution in [0.25, 0.3) is 11.3 Å². The quantitative estimate of drug-likeness (QED) is 0.281. The number of nitrogens with one attached hydrogen (secondary N) is 3. The number of benzene rings is 2. The first-order valence-electron chi connectivity index (χ1n) is 11.5. The molecule has 1 fully saturated rings. The number of nitrogen functional groups attached to an aromatic ring is 1. The average molecular weight is 487 g/mol. The molecule has 36 heavy (non-hydrogen) atoms. The van der Waals surface area contributed by atoms with Crippen LogP contribution >= 0.6 is 0 Å². The van der Waals surface area contributed by atoms with Crippen molar-refractivity contribution in [1.82, 2.24) is 14.9 Å². The molecule has 0 aliphatic carbocycles. The highest BCUT2D eigenvalue weighted by Crippen LogP contribution is 2.34. The number of nitrogens with two attached hydrogens (primary N) is 1. The van der Waals surface area contributed by atoms with Crippen LogP contribution in [0.5, 0.6) is 5.75 Å². The third-order valence-corrected chi connectivity index (χ3v) is 5.99. The van der Waals surface area contributed by atoms with Gasteiger partial charge in [-0.2, -0.15) is 4.98 Å². The van der Waals surface area contributed by atoms with Crippen molar-refractivity contribution >= 4 is 41.0 Å². The summed E-state index contributed by atoms with van der Waals surface area (Å²) in [7, 11) is 3.78. The molecule has 1 saturated heterocycles. The Morgan fingerprint density at radius 2 is 1.92 bits per heavy atom. The topological polar surface area (TPSA) is 132 Å².